The van der Waals surface area contributed by atoms with Crippen LogP contribution in [0.3, 0.4) is 0 Å². The van der Waals surface area contributed by atoms with Crippen molar-refractivity contribution in [2.24, 2.45) is 5.92 Å². The molecule has 0 unspecified atom stereocenters. The highest BCUT2D eigenvalue weighted by atomic mass is 35.5. The van der Waals surface area contributed by atoms with E-state index in [9.17, 15) is 9.59 Å². The Morgan fingerprint density at radius 1 is 0.889 bits per heavy atom. The first-order chi connectivity index (χ1) is 17.2. The lowest BCUT2D eigenvalue weighted by Crippen LogP contribution is -2.52. The Morgan fingerprint density at radius 3 is 2.14 bits per heavy atom. The van der Waals surface area contributed by atoms with Gasteiger partial charge in [0.05, 0.1) is 0 Å². The highest BCUT2D eigenvalue weighted by Gasteiger charge is 2.31. The molecular formula is C28H29Cl3N2O3. The molecule has 1 N–H and O–H groups in total. The summed E-state index contributed by atoms with van der Waals surface area (Å²) >= 11 is 18.8. The van der Waals surface area contributed by atoms with Gasteiger partial charge in [0.1, 0.15) is 11.8 Å². The SMILES string of the molecule is CC(C)CNC(=O)[C@H](Cc1ccccc1)N(Cc1c(Cl)cccc1Cl)C(=O)COc1ccc(Cl)cc1. The standard InChI is InChI=1S/C28H29Cl3N2O3/c1-19(2)16-32-28(35)26(15-20-7-4-3-5-8-20)33(17-23-24(30)9-6-10-25(23)31)27(34)18-36-22-13-11-21(29)12-14-22/h3-14,19,26H,15-18H2,1-2H3,(H,32,35)/t26-/m0/s1. The first-order valence-electron chi connectivity index (χ1n) is 11.7. The van der Waals surface area contributed by atoms with Gasteiger partial charge in [-0.25, -0.2) is 0 Å². The Kier molecular flexibility index (Phi) is 10.5. The summed E-state index contributed by atoms with van der Waals surface area (Å²) in [5, 5.41) is 4.38. The van der Waals surface area contributed by atoms with E-state index >= 15 is 0 Å². The fourth-order valence-corrected chi connectivity index (χ4v) is 4.23. The van der Waals surface area contributed by atoms with Crippen LogP contribution in [0.25, 0.3) is 0 Å². The van der Waals surface area contributed by atoms with E-state index in [2.05, 4.69) is 5.32 Å². The van der Waals surface area contributed by atoms with Gasteiger partial charge in [0.15, 0.2) is 6.61 Å². The average molecular weight is 548 g/mol. The van der Waals surface area contributed by atoms with Crippen molar-refractivity contribution >= 4 is 46.6 Å². The minimum Gasteiger partial charge on any atom is -0.484 e. The molecule has 0 spiro atoms. The highest BCUT2D eigenvalue weighted by molar-refractivity contribution is 6.36. The molecule has 5 nitrogen and oxygen atoms in total. The molecule has 36 heavy (non-hydrogen) atoms. The number of nitrogens with one attached hydrogen (secondary N) is 1. The molecule has 8 heteroatoms. The van der Waals surface area contributed by atoms with Gasteiger partial charge in [-0.3, -0.25) is 9.59 Å². The zero-order valence-electron chi connectivity index (χ0n) is 20.2. The van der Waals surface area contributed by atoms with Crippen molar-refractivity contribution in [2.45, 2.75) is 32.9 Å². The summed E-state index contributed by atoms with van der Waals surface area (Å²) in [6, 6.07) is 20.6. The van der Waals surface area contributed by atoms with Crippen molar-refractivity contribution in [2.75, 3.05) is 13.2 Å². The molecule has 0 aromatic heterocycles. The maximum absolute atomic E-state index is 13.6. The number of amides is 2. The smallest absolute Gasteiger partial charge is 0.261 e. The number of carbonyl (C=O) groups is 2. The second kappa shape index (κ2) is 13.5. The summed E-state index contributed by atoms with van der Waals surface area (Å²) < 4.78 is 5.73. The molecule has 2 amide bonds. The molecule has 0 aliphatic carbocycles. The predicted molar refractivity (Wildman–Crippen MR) is 146 cm³/mol. The largest absolute Gasteiger partial charge is 0.484 e. The van der Waals surface area contributed by atoms with Crippen LogP contribution < -0.4 is 10.1 Å². The minimum absolute atomic E-state index is 0.0495. The second-order valence-corrected chi connectivity index (χ2v) is 10.1. The van der Waals surface area contributed by atoms with Crippen molar-refractivity contribution in [3.8, 4) is 5.75 Å². The molecule has 0 aliphatic rings. The Hall–Kier alpha value is -2.73. The van der Waals surface area contributed by atoms with Crippen LogP contribution in [0.2, 0.25) is 15.1 Å². The van der Waals surface area contributed by atoms with Crippen molar-refractivity contribution in [3.05, 3.63) is 99.0 Å². The molecular weight excluding hydrogens is 519 g/mol. The summed E-state index contributed by atoms with van der Waals surface area (Å²) in [7, 11) is 0. The van der Waals surface area contributed by atoms with E-state index in [0.29, 0.717) is 39.3 Å². The van der Waals surface area contributed by atoms with Gasteiger partial charge in [-0.05, 0) is 47.9 Å². The third-order valence-corrected chi connectivity index (χ3v) is 6.48. The van der Waals surface area contributed by atoms with E-state index in [1.165, 1.54) is 4.90 Å². The molecule has 190 valence electrons. The summed E-state index contributed by atoms with van der Waals surface area (Å²) in [5.74, 6) is 0.117. The van der Waals surface area contributed by atoms with E-state index in [4.69, 9.17) is 39.5 Å². The van der Waals surface area contributed by atoms with Gasteiger partial charge in [-0.15, -0.1) is 0 Å². The summed E-state index contributed by atoms with van der Waals surface area (Å²) in [6.45, 7) is 4.29. The van der Waals surface area contributed by atoms with Crippen LogP contribution in [0.5, 0.6) is 5.75 Å². The van der Waals surface area contributed by atoms with Gasteiger partial charge in [0, 0.05) is 40.1 Å². The van der Waals surface area contributed by atoms with Crippen LogP contribution in [-0.4, -0.2) is 35.9 Å². The quantitative estimate of drug-likeness (QED) is 0.301. The molecule has 1 atom stereocenters. The lowest BCUT2D eigenvalue weighted by Gasteiger charge is -2.32. The first kappa shape index (κ1) is 27.9. The van der Waals surface area contributed by atoms with Crippen LogP contribution in [0.15, 0.2) is 72.8 Å². The Bertz CT molecular complexity index is 1130. The molecule has 0 radical (unpaired) electrons. The van der Waals surface area contributed by atoms with Crippen LogP contribution in [0, 0.1) is 5.92 Å². The van der Waals surface area contributed by atoms with Crippen molar-refractivity contribution < 1.29 is 14.3 Å². The number of benzene rings is 3. The normalized spacial score (nSPS) is 11.7. The molecule has 3 aromatic rings. The zero-order chi connectivity index (χ0) is 26.1. The molecule has 0 aliphatic heterocycles. The Labute approximate surface area is 227 Å². The van der Waals surface area contributed by atoms with Crippen LogP contribution in [0.1, 0.15) is 25.0 Å². The number of hydrogen-bond acceptors (Lipinski definition) is 3. The summed E-state index contributed by atoms with van der Waals surface area (Å²) in [6.07, 6.45) is 0.319. The maximum atomic E-state index is 13.6. The van der Waals surface area contributed by atoms with E-state index in [1.807, 2.05) is 44.2 Å². The van der Waals surface area contributed by atoms with Crippen LogP contribution in [-0.2, 0) is 22.6 Å². The monoisotopic (exact) mass is 546 g/mol. The maximum Gasteiger partial charge on any atom is 0.261 e. The number of rotatable bonds is 11. The third-order valence-electron chi connectivity index (χ3n) is 5.52. The fourth-order valence-electron chi connectivity index (χ4n) is 3.59. The van der Waals surface area contributed by atoms with Gasteiger partial charge in [-0.1, -0.05) is 85.0 Å². The average Bonchev–Trinajstić information content (AvgIpc) is 2.86. The van der Waals surface area contributed by atoms with Gasteiger partial charge in [0.25, 0.3) is 5.91 Å². The van der Waals surface area contributed by atoms with Crippen molar-refractivity contribution in [1.82, 2.24) is 10.2 Å². The van der Waals surface area contributed by atoms with Gasteiger partial charge in [-0.2, -0.15) is 0 Å². The molecule has 0 fully saturated rings. The second-order valence-electron chi connectivity index (χ2n) is 8.81. The lowest BCUT2D eigenvalue weighted by atomic mass is 10.0. The van der Waals surface area contributed by atoms with Gasteiger partial charge >= 0.3 is 0 Å². The van der Waals surface area contributed by atoms with Crippen LogP contribution >= 0.6 is 34.8 Å². The molecule has 0 saturated carbocycles. The first-order valence-corrected chi connectivity index (χ1v) is 12.8. The van der Waals surface area contributed by atoms with Gasteiger partial charge in [0.2, 0.25) is 5.91 Å². The van der Waals surface area contributed by atoms with E-state index in [-0.39, 0.29) is 30.9 Å². The van der Waals surface area contributed by atoms with E-state index in [0.717, 1.165) is 5.56 Å². The fraction of sp³-hybridized carbons (Fsp3) is 0.286. The van der Waals surface area contributed by atoms with Crippen LogP contribution in [0.4, 0.5) is 0 Å². The molecule has 3 aromatic carbocycles. The number of nitrogens with zero attached hydrogens (tertiary/aromatic N) is 1. The number of hydrogen-bond donors (Lipinski definition) is 1. The third kappa shape index (κ3) is 8.16. The number of halogens is 3. The van der Waals surface area contributed by atoms with Crippen molar-refractivity contribution in [3.63, 3.8) is 0 Å². The molecule has 0 heterocycles. The predicted octanol–water partition coefficient (Wildman–Crippen LogP) is 6.44. The Balaban J connectivity index is 1.94. The topological polar surface area (TPSA) is 58.6 Å². The van der Waals surface area contributed by atoms with Gasteiger partial charge < -0.3 is 15.0 Å². The minimum atomic E-state index is -0.806. The summed E-state index contributed by atoms with van der Waals surface area (Å²) in [4.78, 5) is 28.5. The summed E-state index contributed by atoms with van der Waals surface area (Å²) in [5.41, 5.74) is 1.49. The molecule has 3 rings (SSSR count). The van der Waals surface area contributed by atoms with E-state index < -0.39 is 6.04 Å². The van der Waals surface area contributed by atoms with E-state index in [1.54, 1.807) is 42.5 Å². The van der Waals surface area contributed by atoms with Crippen molar-refractivity contribution in [1.29, 1.82) is 0 Å². The number of carbonyl (C=O) groups excluding carboxylic acids is 2. The zero-order valence-corrected chi connectivity index (χ0v) is 22.5. The Morgan fingerprint density at radius 2 is 1.53 bits per heavy atom. The number of ether oxygens (including phenoxy) is 1. The molecule has 0 saturated heterocycles. The molecule has 0 bridgehead atoms. The lowest BCUT2D eigenvalue weighted by molar-refractivity contribution is -0.142. The highest BCUT2D eigenvalue weighted by Crippen LogP contribution is 2.27.